The minimum absolute atomic E-state index is 0.0262. The van der Waals surface area contributed by atoms with Crippen molar-refractivity contribution in [3.63, 3.8) is 0 Å². The van der Waals surface area contributed by atoms with Crippen LogP contribution in [-0.2, 0) is 16.0 Å². The lowest BCUT2D eigenvalue weighted by Crippen LogP contribution is -2.48. The smallest absolute Gasteiger partial charge is 0.340 e. The minimum atomic E-state index is -0.707. The second-order valence-electron chi connectivity index (χ2n) is 6.52. The monoisotopic (exact) mass is 375 g/mol. The molecule has 0 aliphatic carbocycles. The zero-order valence-electron chi connectivity index (χ0n) is 15.4. The third-order valence-electron chi connectivity index (χ3n) is 4.90. The lowest BCUT2D eigenvalue weighted by molar-refractivity contribution is -0.138. The topological polar surface area (TPSA) is 106 Å². The molecule has 2 heterocycles. The van der Waals surface area contributed by atoms with E-state index >= 15 is 0 Å². The molecule has 1 aromatic carbocycles. The first-order valence-corrected chi connectivity index (χ1v) is 8.57. The molecule has 8 heteroatoms. The number of phenols is 1. The van der Waals surface area contributed by atoms with Crippen molar-refractivity contribution in [2.24, 2.45) is 0 Å². The van der Waals surface area contributed by atoms with Gasteiger partial charge in [-0.05, 0) is 25.5 Å². The van der Waals surface area contributed by atoms with E-state index in [1.807, 2.05) is 6.92 Å². The molecule has 144 valence electrons. The largest absolute Gasteiger partial charge is 0.504 e. The van der Waals surface area contributed by atoms with E-state index in [0.29, 0.717) is 37.0 Å². The van der Waals surface area contributed by atoms with E-state index in [1.165, 1.54) is 13.2 Å². The van der Waals surface area contributed by atoms with Crippen LogP contribution in [0.5, 0.6) is 11.5 Å². The van der Waals surface area contributed by atoms with Crippen LogP contribution in [0.1, 0.15) is 28.4 Å². The van der Waals surface area contributed by atoms with Crippen molar-refractivity contribution in [2.45, 2.75) is 26.3 Å². The van der Waals surface area contributed by atoms with Crippen LogP contribution in [0.25, 0.3) is 11.0 Å². The Labute approximate surface area is 155 Å². The minimum Gasteiger partial charge on any atom is -0.504 e. The molecule has 8 nitrogen and oxygen atoms in total. The summed E-state index contributed by atoms with van der Waals surface area (Å²) in [4.78, 5) is 38.3. The summed E-state index contributed by atoms with van der Waals surface area (Å²) in [6.45, 7) is 4.94. The summed E-state index contributed by atoms with van der Waals surface area (Å²) in [7, 11) is 1.36. The van der Waals surface area contributed by atoms with Crippen LogP contribution in [0.3, 0.4) is 0 Å². The molecule has 27 heavy (non-hydrogen) atoms. The fraction of sp³-hybridized carbons (Fsp3) is 0.421. The normalized spacial score (nSPS) is 17.1. The summed E-state index contributed by atoms with van der Waals surface area (Å²) in [6, 6.07) is 1.42. The van der Waals surface area contributed by atoms with Gasteiger partial charge in [0.05, 0.1) is 38.3 Å². The summed E-state index contributed by atoms with van der Waals surface area (Å²) in [5.41, 5.74) is -0.166. The van der Waals surface area contributed by atoms with E-state index in [1.54, 1.807) is 11.8 Å². The summed E-state index contributed by atoms with van der Waals surface area (Å²) in [6.07, 6.45) is 0.289. The molecule has 0 saturated carbocycles. The van der Waals surface area contributed by atoms with Gasteiger partial charge in [0, 0.05) is 11.9 Å². The van der Waals surface area contributed by atoms with Gasteiger partial charge < -0.3 is 23.9 Å². The Balaban J connectivity index is 2.09. The van der Waals surface area contributed by atoms with Crippen molar-refractivity contribution >= 4 is 23.2 Å². The van der Waals surface area contributed by atoms with E-state index in [-0.39, 0.29) is 40.8 Å². The predicted octanol–water partition coefficient (Wildman–Crippen LogP) is 1.42. The number of hydrogen-bond donors (Lipinski definition) is 1. The second-order valence-corrected chi connectivity index (χ2v) is 6.52. The van der Waals surface area contributed by atoms with Gasteiger partial charge in [-0.3, -0.25) is 9.59 Å². The number of benzene rings is 1. The Hall–Kier alpha value is -2.87. The molecule has 1 aromatic heterocycles. The van der Waals surface area contributed by atoms with Gasteiger partial charge in [-0.15, -0.1) is 0 Å². The number of carbonyl (C=O) groups is 2. The first-order chi connectivity index (χ1) is 12.9. The van der Waals surface area contributed by atoms with E-state index in [9.17, 15) is 19.5 Å². The van der Waals surface area contributed by atoms with Gasteiger partial charge in [-0.25, -0.2) is 4.79 Å². The van der Waals surface area contributed by atoms with Crippen LogP contribution in [0.15, 0.2) is 15.3 Å². The molecule has 0 radical (unpaired) electrons. The number of carbonyl (C=O) groups excluding carboxylic acids is 2. The Morgan fingerprint density at radius 2 is 2.22 bits per heavy atom. The van der Waals surface area contributed by atoms with Gasteiger partial charge in [-0.1, -0.05) is 0 Å². The van der Waals surface area contributed by atoms with E-state index < -0.39 is 11.4 Å². The van der Waals surface area contributed by atoms with Crippen molar-refractivity contribution in [1.82, 2.24) is 4.90 Å². The average Bonchev–Trinajstić information content (AvgIpc) is 2.65. The lowest BCUT2D eigenvalue weighted by atomic mass is 10.00. The second kappa shape index (κ2) is 7.40. The van der Waals surface area contributed by atoms with Crippen LogP contribution in [0.2, 0.25) is 0 Å². The number of aldehydes is 1. The fourth-order valence-electron chi connectivity index (χ4n) is 3.33. The molecule has 1 aliphatic rings. The van der Waals surface area contributed by atoms with E-state index in [0.717, 1.165) is 0 Å². The maximum absolute atomic E-state index is 12.7. The van der Waals surface area contributed by atoms with Crippen molar-refractivity contribution in [3.05, 3.63) is 33.2 Å². The summed E-state index contributed by atoms with van der Waals surface area (Å²) in [5, 5.41) is 10.5. The number of ether oxygens (including phenoxy) is 2. The number of phenolic OH excluding ortho intramolecular Hbond substituents is 1. The van der Waals surface area contributed by atoms with Gasteiger partial charge >= 0.3 is 5.63 Å². The predicted molar refractivity (Wildman–Crippen MR) is 96.5 cm³/mol. The van der Waals surface area contributed by atoms with Crippen LogP contribution < -0.4 is 10.4 Å². The maximum Gasteiger partial charge on any atom is 0.340 e. The molecule has 3 rings (SSSR count). The lowest BCUT2D eigenvalue weighted by Gasteiger charge is -2.33. The molecule has 1 amide bonds. The molecule has 1 fully saturated rings. The van der Waals surface area contributed by atoms with Gasteiger partial charge in [0.15, 0.2) is 23.4 Å². The molecular formula is C19H21NO7. The molecule has 0 bridgehead atoms. The first-order valence-electron chi connectivity index (χ1n) is 8.57. The Morgan fingerprint density at radius 1 is 1.48 bits per heavy atom. The van der Waals surface area contributed by atoms with Crippen LogP contribution in [-0.4, -0.2) is 55.1 Å². The summed E-state index contributed by atoms with van der Waals surface area (Å²) < 4.78 is 15.7. The Morgan fingerprint density at radius 3 is 2.85 bits per heavy atom. The number of aryl methyl sites for hydroxylation is 1. The standard InChI is InChI=1S/C19H21NO7/c1-10-9-26-5-4-20(10)16(22)7-13-11(2)12-6-15(25-3)17(23)14(8-21)18(12)27-19(13)24/h6,8,10,23H,4-5,7,9H2,1-3H3/t10-/m1/s1. The molecule has 1 saturated heterocycles. The highest BCUT2D eigenvalue weighted by atomic mass is 16.5. The quantitative estimate of drug-likeness (QED) is 0.636. The van der Waals surface area contributed by atoms with Gasteiger partial charge in [-0.2, -0.15) is 0 Å². The maximum atomic E-state index is 12.7. The van der Waals surface area contributed by atoms with Crippen LogP contribution in [0, 0.1) is 6.92 Å². The molecule has 0 spiro atoms. The number of methoxy groups -OCH3 is 1. The number of morpholine rings is 1. The van der Waals surface area contributed by atoms with Gasteiger partial charge in [0.1, 0.15) is 5.56 Å². The number of hydrogen-bond acceptors (Lipinski definition) is 7. The fourth-order valence-corrected chi connectivity index (χ4v) is 3.33. The van der Waals surface area contributed by atoms with Gasteiger partial charge in [0.25, 0.3) is 0 Å². The third kappa shape index (κ3) is 3.28. The van der Waals surface area contributed by atoms with Gasteiger partial charge in [0.2, 0.25) is 5.91 Å². The Kier molecular flexibility index (Phi) is 5.18. The van der Waals surface area contributed by atoms with Crippen molar-refractivity contribution in [3.8, 4) is 11.5 Å². The van der Waals surface area contributed by atoms with Crippen molar-refractivity contribution in [2.75, 3.05) is 26.9 Å². The zero-order chi connectivity index (χ0) is 19.7. The molecule has 1 atom stereocenters. The molecule has 1 N–H and O–H groups in total. The molecule has 1 aliphatic heterocycles. The number of amides is 1. The summed E-state index contributed by atoms with van der Waals surface area (Å²) in [5.74, 6) is -0.504. The molecular weight excluding hydrogens is 354 g/mol. The zero-order valence-corrected chi connectivity index (χ0v) is 15.4. The highest BCUT2D eigenvalue weighted by Crippen LogP contribution is 2.36. The summed E-state index contributed by atoms with van der Waals surface area (Å²) >= 11 is 0. The number of fused-ring (bicyclic) bond motifs is 1. The first kappa shape index (κ1) is 18.9. The van der Waals surface area contributed by atoms with Crippen molar-refractivity contribution < 1.29 is 28.6 Å². The number of rotatable bonds is 4. The number of nitrogens with zero attached hydrogens (tertiary/aromatic N) is 1. The third-order valence-corrected chi connectivity index (χ3v) is 4.90. The SMILES string of the molecule is COc1cc2c(C)c(CC(=O)N3CCOC[C@H]3C)c(=O)oc2c(C=O)c1O. The van der Waals surface area contributed by atoms with Crippen LogP contribution >= 0.6 is 0 Å². The highest BCUT2D eigenvalue weighted by Gasteiger charge is 2.26. The van der Waals surface area contributed by atoms with Crippen molar-refractivity contribution in [1.29, 1.82) is 0 Å². The highest BCUT2D eigenvalue weighted by molar-refractivity contribution is 6.00. The number of aromatic hydroxyl groups is 1. The van der Waals surface area contributed by atoms with E-state index in [4.69, 9.17) is 13.9 Å². The van der Waals surface area contributed by atoms with Crippen LogP contribution in [0.4, 0.5) is 0 Å². The Bertz CT molecular complexity index is 963. The van der Waals surface area contributed by atoms with E-state index in [2.05, 4.69) is 0 Å². The molecule has 2 aromatic rings. The molecule has 0 unspecified atom stereocenters. The average molecular weight is 375 g/mol.